The molecule has 2 aliphatic heterocycles. The fourth-order valence-electron chi connectivity index (χ4n) is 1.57. The van der Waals surface area contributed by atoms with E-state index in [0.29, 0.717) is 0 Å². The minimum atomic E-state index is 0.00734. The molecule has 0 bridgehead atoms. The highest BCUT2D eigenvalue weighted by molar-refractivity contribution is 4.93. The molecule has 1 atom stereocenters. The summed E-state index contributed by atoms with van der Waals surface area (Å²) in [5.74, 6) is 0. The highest BCUT2D eigenvalue weighted by atomic mass is 16.6. The second kappa shape index (κ2) is 2.19. The molecule has 1 N–H and O–H groups in total. The zero-order valence-corrected chi connectivity index (χ0v) is 5.88. The maximum atomic E-state index is 8.75. The third-order valence-electron chi connectivity index (χ3n) is 2.27. The van der Waals surface area contributed by atoms with E-state index >= 15 is 0 Å². The number of hydrogen-bond donors (Lipinski definition) is 1. The molecule has 2 saturated heterocycles. The molecule has 0 aromatic carbocycles. The zero-order valence-electron chi connectivity index (χ0n) is 5.88. The SMILES string of the molecule is OCC1CCC2(COC2)O1. The van der Waals surface area contributed by atoms with E-state index in [1.54, 1.807) is 0 Å². The van der Waals surface area contributed by atoms with Gasteiger partial charge in [0.1, 0.15) is 5.60 Å². The van der Waals surface area contributed by atoms with Crippen LogP contribution in [0.15, 0.2) is 0 Å². The molecule has 10 heavy (non-hydrogen) atoms. The topological polar surface area (TPSA) is 38.7 Å². The summed E-state index contributed by atoms with van der Waals surface area (Å²) >= 11 is 0. The normalized spacial score (nSPS) is 36.3. The van der Waals surface area contributed by atoms with Gasteiger partial charge in [-0.2, -0.15) is 0 Å². The van der Waals surface area contributed by atoms with E-state index in [4.69, 9.17) is 14.6 Å². The van der Waals surface area contributed by atoms with Crippen molar-refractivity contribution in [3.8, 4) is 0 Å². The van der Waals surface area contributed by atoms with Crippen molar-refractivity contribution in [3.63, 3.8) is 0 Å². The lowest BCUT2D eigenvalue weighted by Crippen LogP contribution is -2.49. The monoisotopic (exact) mass is 144 g/mol. The van der Waals surface area contributed by atoms with Gasteiger partial charge < -0.3 is 14.6 Å². The largest absolute Gasteiger partial charge is 0.394 e. The Balaban J connectivity index is 1.92. The van der Waals surface area contributed by atoms with Crippen molar-refractivity contribution in [3.05, 3.63) is 0 Å². The molecule has 58 valence electrons. The molecule has 3 heteroatoms. The Labute approximate surface area is 59.9 Å². The molecule has 1 unspecified atom stereocenters. The van der Waals surface area contributed by atoms with Crippen molar-refractivity contribution < 1.29 is 14.6 Å². The Morgan fingerprint density at radius 2 is 2.30 bits per heavy atom. The van der Waals surface area contributed by atoms with Gasteiger partial charge in [0.05, 0.1) is 25.9 Å². The average molecular weight is 144 g/mol. The zero-order chi connectivity index (χ0) is 7.03. The number of ether oxygens (including phenoxy) is 2. The second-order valence-corrected chi connectivity index (χ2v) is 3.14. The fourth-order valence-corrected chi connectivity index (χ4v) is 1.57. The first-order valence-corrected chi connectivity index (χ1v) is 3.71. The fraction of sp³-hybridized carbons (Fsp3) is 1.00. The maximum absolute atomic E-state index is 8.75. The molecule has 2 rings (SSSR count). The van der Waals surface area contributed by atoms with Crippen molar-refractivity contribution in [1.29, 1.82) is 0 Å². The minimum absolute atomic E-state index is 0.00734. The molecule has 0 aromatic heterocycles. The molecule has 0 aliphatic carbocycles. The van der Waals surface area contributed by atoms with Crippen LogP contribution in [0, 0.1) is 0 Å². The first-order valence-electron chi connectivity index (χ1n) is 3.71. The van der Waals surface area contributed by atoms with E-state index in [2.05, 4.69) is 0 Å². The minimum Gasteiger partial charge on any atom is -0.394 e. The predicted octanol–water partition coefficient (Wildman–Crippen LogP) is -0.0733. The quantitative estimate of drug-likeness (QED) is 0.559. The van der Waals surface area contributed by atoms with Crippen LogP contribution in [-0.2, 0) is 9.47 Å². The van der Waals surface area contributed by atoms with E-state index in [-0.39, 0.29) is 18.3 Å². The van der Waals surface area contributed by atoms with Crippen LogP contribution in [0.1, 0.15) is 12.8 Å². The van der Waals surface area contributed by atoms with Gasteiger partial charge in [-0.05, 0) is 12.8 Å². The molecular formula is C7H12O3. The molecule has 0 amide bonds. The first kappa shape index (κ1) is 6.58. The number of hydrogen-bond acceptors (Lipinski definition) is 3. The summed E-state index contributed by atoms with van der Waals surface area (Å²) in [7, 11) is 0. The lowest BCUT2D eigenvalue weighted by atomic mass is 9.98. The highest BCUT2D eigenvalue weighted by Gasteiger charge is 2.46. The van der Waals surface area contributed by atoms with Crippen LogP contribution < -0.4 is 0 Å². The number of rotatable bonds is 1. The molecule has 2 heterocycles. The van der Waals surface area contributed by atoms with Gasteiger partial charge in [0, 0.05) is 0 Å². The van der Waals surface area contributed by atoms with E-state index in [0.717, 1.165) is 26.1 Å². The summed E-state index contributed by atoms with van der Waals surface area (Å²) < 4.78 is 10.6. The van der Waals surface area contributed by atoms with Crippen LogP contribution in [0.5, 0.6) is 0 Å². The van der Waals surface area contributed by atoms with Gasteiger partial charge in [-0.15, -0.1) is 0 Å². The Bertz CT molecular complexity index is 131. The lowest BCUT2D eigenvalue weighted by Gasteiger charge is -2.37. The van der Waals surface area contributed by atoms with Gasteiger partial charge in [-0.1, -0.05) is 0 Å². The standard InChI is InChI=1S/C7H12O3/c8-3-6-1-2-7(10-6)4-9-5-7/h6,8H,1-5H2. The molecule has 2 aliphatic rings. The lowest BCUT2D eigenvalue weighted by molar-refractivity contribution is -0.203. The Morgan fingerprint density at radius 3 is 2.60 bits per heavy atom. The van der Waals surface area contributed by atoms with E-state index < -0.39 is 0 Å². The van der Waals surface area contributed by atoms with Gasteiger partial charge in [-0.3, -0.25) is 0 Å². The summed E-state index contributed by atoms with van der Waals surface area (Å²) in [6, 6.07) is 0. The Kier molecular flexibility index (Phi) is 1.44. The van der Waals surface area contributed by atoms with Gasteiger partial charge in [0.15, 0.2) is 0 Å². The van der Waals surface area contributed by atoms with Crippen molar-refractivity contribution in [2.24, 2.45) is 0 Å². The van der Waals surface area contributed by atoms with Crippen LogP contribution in [-0.4, -0.2) is 36.6 Å². The average Bonchev–Trinajstić information content (AvgIpc) is 2.29. The van der Waals surface area contributed by atoms with Crippen LogP contribution in [0.25, 0.3) is 0 Å². The van der Waals surface area contributed by atoms with E-state index in [9.17, 15) is 0 Å². The number of aliphatic hydroxyl groups excluding tert-OH is 1. The molecule has 0 radical (unpaired) electrons. The van der Waals surface area contributed by atoms with Crippen LogP contribution in [0.3, 0.4) is 0 Å². The number of aliphatic hydroxyl groups is 1. The Morgan fingerprint density at radius 1 is 1.50 bits per heavy atom. The predicted molar refractivity (Wildman–Crippen MR) is 34.7 cm³/mol. The smallest absolute Gasteiger partial charge is 0.115 e. The molecular weight excluding hydrogens is 132 g/mol. The highest BCUT2D eigenvalue weighted by Crippen LogP contribution is 2.35. The van der Waals surface area contributed by atoms with Crippen molar-refractivity contribution in [2.45, 2.75) is 24.5 Å². The van der Waals surface area contributed by atoms with Crippen molar-refractivity contribution in [2.75, 3.05) is 19.8 Å². The third kappa shape index (κ3) is 0.856. The second-order valence-electron chi connectivity index (χ2n) is 3.14. The maximum Gasteiger partial charge on any atom is 0.115 e. The van der Waals surface area contributed by atoms with Gasteiger partial charge >= 0.3 is 0 Å². The first-order chi connectivity index (χ1) is 4.85. The summed E-state index contributed by atoms with van der Waals surface area (Å²) in [5, 5.41) is 8.75. The molecule has 2 fully saturated rings. The Hall–Kier alpha value is -0.120. The van der Waals surface area contributed by atoms with Gasteiger partial charge in [0.25, 0.3) is 0 Å². The van der Waals surface area contributed by atoms with E-state index in [1.165, 1.54) is 0 Å². The van der Waals surface area contributed by atoms with E-state index in [1.807, 2.05) is 0 Å². The van der Waals surface area contributed by atoms with Gasteiger partial charge in [0.2, 0.25) is 0 Å². The summed E-state index contributed by atoms with van der Waals surface area (Å²) in [6.45, 7) is 1.61. The van der Waals surface area contributed by atoms with Crippen molar-refractivity contribution >= 4 is 0 Å². The van der Waals surface area contributed by atoms with Crippen LogP contribution in [0.4, 0.5) is 0 Å². The molecule has 0 saturated carbocycles. The summed E-state index contributed by atoms with van der Waals surface area (Å²) in [5.41, 5.74) is 0.00734. The van der Waals surface area contributed by atoms with Gasteiger partial charge in [-0.25, -0.2) is 0 Å². The molecule has 0 aromatic rings. The molecule has 1 spiro atoms. The summed E-state index contributed by atoms with van der Waals surface area (Å²) in [6.07, 6.45) is 2.11. The van der Waals surface area contributed by atoms with Crippen LogP contribution in [0.2, 0.25) is 0 Å². The van der Waals surface area contributed by atoms with Crippen LogP contribution >= 0.6 is 0 Å². The third-order valence-corrected chi connectivity index (χ3v) is 2.27. The summed E-state index contributed by atoms with van der Waals surface area (Å²) in [4.78, 5) is 0. The van der Waals surface area contributed by atoms with Crippen molar-refractivity contribution in [1.82, 2.24) is 0 Å². The molecule has 3 nitrogen and oxygen atoms in total.